The highest BCUT2D eigenvalue weighted by Gasteiger charge is 2.48. The average molecular weight is 595 g/mol. The summed E-state index contributed by atoms with van der Waals surface area (Å²) in [6.45, 7) is 2.87. The van der Waals surface area contributed by atoms with Crippen molar-refractivity contribution in [1.82, 2.24) is 4.98 Å². The van der Waals surface area contributed by atoms with Crippen LogP contribution in [0.1, 0.15) is 36.1 Å². The van der Waals surface area contributed by atoms with Gasteiger partial charge in [0.25, 0.3) is 5.78 Å². The van der Waals surface area contributed by atoms with Crippen molar-refractivity contribution in [3.8, 4) is 11.5 Å². The number of thiazole rings is 1. The lowest BCUT2D eigenvalue weighted by Crippen LogP contribution is -2.29. The summed E-state index contributed by atoms with van der Waals surface area (Å²) in [5.74, 6) is -1.30. The third-order valence-electron chi connectivity index (χ3n) is 7.01. The maximum Gasteiger partial charge on any atom is 0.301 e. The molecule has 0 spiro atoms. The monoisotopic (exact) mass is 594 g/mol. The number of anilines is 1. The largest absolute Gasteiger partial charge is 0.507 e. The number of carbonyl (C=O) groups excluding carboxylic acids is 2. The summed E-state index contributed by atoms with van der Waals surface area (Å²) in [4.78, 5) is 33.1. The second kappa shape index (κ2) is 12.1. The number of ether oxygens (including phenoxy) is 2. The van der Waals surface area contributed by atoms with E-state index in [4.69, 9.17) is 9.47 Å². The minimum Gasteiger partial charge on any atom is -0.507 e. The maximum atomic E-state index is 14.0. The first-order valence-corrected chi connectivity index (χ1v) is 14.6. The fourth-order valence-electron chi connectivity index (χ4n) is 4.93. The van der Waals surface area contributed by atoms with E-state index >= 15 is 0 Å². The number of aliphatic hydroxyl groups is 1. The van der Waals surface area contributed by atoms with Gasteiger partial charge in [-0.1, -0.05) is 60.7 Å². The van der Waals surface area contributed by atoms with E-state index in [1.54, 1.807) is 48.5 Å². The molecule has 0 radical (unpaired) electrons. The first kappa shape index (κ1) is 28.1. The molecule has 4 aromatic carbocycles. The van der Waals surface area contributed by atoms with Crippen LogP contribution in [0.25, 0.3) is 16.0 Å². The number of Topliss-reactive ketones (excluding diaryl/α,β-unsaturated/α-hetero) is 1. The second-order valence-electron chi connectivity index (χ2n) is 10.00. The molecule has 6 rings (SSSR count). The van der Waals surface area contributed by atoms with E-state index in [1.807, 2.05) is 37.3 Å². The molecule has 1 N–H and O–H groups in total. The van der Waals surface area contributed by atoms with Crippen molar-refractivity contribution in [2.45, 2.75) is 26.0 Å². The fourth-order valence-corrected chi connectivity index (χ4v) is 5.95. The highest BCUT2D eigenvalue weighted by Crippen LogP contribution is 2.45. The topological polar surface area (TPSA) is 89.0 Å². The summed E-state index contributed by atoms with van der Waals surface area (Å²) in [5.41, 5.74) is 2.28. The number of nitrogens with zero attached hydrogens (tertiary/aromatic N) is 2. The number of hydrogen-bond donors (Lipinski definition) is 1. The van der Waals surface area contributed by atoms with Crippen molar-refractivity contribution in [2.75, 3.05) is 11.5 Å². The summed E-state index contributed by atoms with van der Waals surface area (Å²) in [7, 11) is 0. The van der Waals surface area contributed by atoms with Crippen molar-refractivity contribution >= 4 is 44.1 Å². The van der Waals surface area contributed by atoms with Crippen LogP contribution in [-0.4, -0.2) is 28.4 Å². The first-order valence-electron chi connectivity index (χ1n) is 13.8. The molecule has 0 aliphatic carbocycles. The van der Waals surface area contributed by atoms with E-state index in [0.29, 0.717) is 46.1 Å². The molecule has 216 valence electrons. The number of aromatic nitrogens is 1. The minimum absolute atomic E-state index is 0.0853. The Kier molecular flexibility index (Phi) is 7.89. The third kappa shape index (κ3) is 5.72. The molecule has 1 aliphatic rings. The molecule has 0 bridgehead atoms. The number of hydrogen-bond acceptors (Lipinski definition) is 7. The van der Waals surface area contributed by atoms with E-state index in [0.717, 1.165) is 23.3 Å². The normalized spacial score (nSPS) is 16.1. The van der Waals surface area contributed by atoms with Crippen molar-refractivity contribution in [3.63, 3.8) is 0 Å². The second-order valence-corrected chi connectivity index (χ2v) is 11.0. The van der Waals surface area contributed by atoms with Gasteiger partial charge < -0.3 is 14.6 Å². The number of carbonyl (C=O) groups is 2. The van der Waals surface area contributed by atoms with Gasteiger partial charge in [0.2, 0.25) is 0 Å². The number of benzene rings is 4. The summed E-state index contributed by atoms with van der Waals surface area (Å²) in [6.07, 6.45) is 0.845. The molecule has 1 atom stereocenters. The summed E-state index contributed by atoms with van der Waals surface area (Å²) in [5, 5.41) is 11.7. The number of aliphatic hydroxyl groups excluding tert-OH is 1. The Hall–Kier alpha value is -5.02. The van der Waals surface area contributed by atoms with E-state index in [9.17, 15) is 19.1 Å². The fraction of sp³-hybridized carbons (Fsp3) is 0.147. The van der Waals surface area contributed by atoms with Gasteiger partial charge in [-0.25, -0.2) is 9.37 Å². The lowest BCUT2D eigenvalue weighted by molar-refractivity contribution is -0.132. The van der Waals surface area contributed by atoms with Gasteiger partial charge in [0.15, 0.2) is 5.13 Å². The molecule has 7 nitrogen and oxygen atoms in total. The maximum absolute atomic E-state index is 14.0. The van der Waals surface area contributed by atoms with E-state index < -0.39 is 23.5 Å². The van der Waals surface area contributed by atoms with Gasteiger partial charge in [-0.05, 0) is 72.1 Å². The van der Waals surface area contributed by atoms with Crippen LogP contribution in [0.5, 0.6) is 11.5 Å². The van der Waals surface area contributed by atoms with E-state index in [2.05, 4.69) is 4.98 Å². The summed E-state index contributed by atoms with van der Waals surface area (Å²) < 4.78 is 26.2. The Morgan fingerprint density at radius 3 is 2.49 bits per heavy atom. The van der Waals surface area contributed by atoms with Crippen LogP contribution < -0.4 is 14.4 Å². The lowest BCUT2D eigenvalue weighted by atomic mass is 9.95. The zero-order chi connectivity index (χ0) is 29.9. The van der Waals surface area contributed by atoms with Gasteiger partial charge in [0.05, 0.1) is 28.4 Å². The van der Waals surface area contributed by atoms with Gasteiger partial charge in [0, 0.05) is 5.56 Å². The van der Waals surface area contributed by atoms with Gasteiger partial charge in [-0.3, -0.25) is 14.5 Å². The van der Waals surface area contributed by atoms with Gasteiger partial charge in [-0.15, -0.1) is 0 Å². The highest BCUT2D eigenvalue weighted by atomic mass is 32.1. The van der Waals surface area contributed by atoms with Crippen LogP contribution in [0.4, 0.5) is 9.52 Å². The van der Waals surface area contributed by atoms with Gasteiger partial charge >= 0.3 is 5.91 Å². The predicted molar refractivity (Wildman–Crippen MR) is 164 cm³/mol. The molecular weight excluding hydrogens is 567 g/mol. The molecular formula is C34H27FN2O5S. The Labute approximate surface area is 251 Å². The quantitative estimate of drug-likeness (QED) is 0.108. The van der Waals surface area contributed by atoms with Crippen LogP contribution in [0.2, 0.25) is 0 Å². The molecule has 1 aliphatic heterocycles. The molecule has 9 heteroatoms. The molecule has 0 saturated carbocycles. The average Bonchev–Trinajstić information content (AvgIpc) is 3.56. The lowest BCUT2D eigenvalue weighted by Gasteiger charge is -2.23. The Bertz CT molecular complexity index is 1840. The summed E-state index contributed by atoms with van der Waals surface area (Å²) in [6, 6.07) is 26.6. The number of amides is 1. The van der Waals surface area contributed by atoms with Crippen LogP contribution in [-0.2, 0) is 16.2 Å². The minimum atomic E-state index is -1.01. The van der Waals surface area contributed by atoms with Crippen molar-refractivity contribution in [1.29, 1.82) is 0 Å². The number of rotatable bonds is 9. The predicted octanol–water partition coefficient (Wildman–Crippen LogP) is 7.43. The van der Waals surface area contributed by atoms with Crippen molar-refractivity contribution in [3.05, 3.63) is 125 Å². The SMILES string of the molecule is CCCOc1ccc(/C(O)=C2\C(=O)C(=O)N(c3nc4ccc(F)cc4s3)C2c2cccc(OCc3ccccc3)c2)cc1. The molecule has 5 aromatic rings. The molecule has 1 saturated heterocycles. The molecule has 1 unspecified atom stereocenters. The van der Waals surface area contributed by atoms with Crippen molar-refractivity contribution in [2.24, 2.45) is 0 Å². The highest BCUT2D eigenvalue weighted by molar-refractivity contribution is 7.22. The Morgan fingerprint density at radius 1 is 0.930 bits per heavy atom. The van der Waals surface area contributed by atoms with E-state index in [-0.39, 0.29) is 16.5 Å². The molecule has 1 amide bonds. The first-order chi connectivity index (χ1) is 20.9. The van der Waals surface area contributed by atoms with Crippen molar-refractivity contribution < 1.29 is 28.6 Å². The smallest absolute Gasteiger partial charge is 0.301 e. The number of halogens is 1. The standard InChI is InChI=1S/C34H27FN2O5S/c1-2-17-41-25-14-11-22(12-15-25)31(38)29-30(23-9-6-10-26(18-23)42-20-21-7-4-3-5-8-21)37(33(40)32(29)39)34-36-27-16-13-24(35)19-28(27)43-34/h3-16,18-19,30,38H,2,17,20H2,1H3/b31-29+. The molecule has 1 fully saturated rings. The van der Waals surface area contributed by atoms with Crippen LogP contribution >= 0.6 is 11.3 Å². The van der Waals surface area contributed by atoms with Crippen LogP contribution in [0, 0.1) is 5.82 Å². The summed E-state index contributed by atoms with van der Waals surface area (Å²) >= 11 is 1.09. The van der Waals surface area contributed by atoms with E-state index in [1.165, 1.54) is 23.1 Å². The Morgan fingerprint density at radius 2 is 1.72 bits per heavy atom. The third-order valence-corrected chi connectivity index (χ3v) is 8.03. The molecule has 43 heavy (non-hydrogen) atoms. The van der Waals surface area contributed by atoms with Gasteiger partial charge in [0.1, 0.15) is 29.7 Å². The molecule has 2 heterocycles. The van der Waals surface area contributed by atoms with Gasteiger partial charge in [-0.2, -0.15) is 0 Å². The van der Waals surface area contributed by atoms with Crippen LogP contribution in [0.3, 0.4) is 0 Å². The number of ketones is 1. The van der Waals surface area contributed by atoms with Crippen LogP contribution in [0.15, 0.2) is 103 Å². The molecule has 1 aromatic heterocycles. The zero-order valence-corrected chi connectivity index (χ0v) is 24.0. The number of fused-ring (bicyclic) bond motifs is 1. The zero-order valence-electron chi connectivity index (χ0n) is 23.2. The Balaban J connectivity index is 1.44.